The molecular weight excluding hydrogens is 498 g/mol. The molecule has 9 atom stereocenters. The van der Waals surface area contributed by atoms with E-state index in [-0.39, 0.29) is 24.6 Å². The number of carbonyl (C=O) groups excluding carboxylic acids is 1. The van der Waals surface area contributed by atoms with Crippen molar-refractivity contribution >= 4 is 12.2 Å². The predicted molar refractivity (Wildman–Crippen MR) is 129 cm³/mol. The predicted octanol–water partition coefficient (Wildman–Crippen LogP) is -5.51. The smallest absolute Gasteiger partial charge is 0.319 e. The summed E-state index contributed by atoms with van der Waals surface area (Å²) < 4.78 is 10.5. The molecule has 1 saturated heterocycles. The number of rotatable bonds is 14. The Morgan fingerprint density at radius 1 is 1.19 bits per heavy atom. The molecule has 2 amide bonds. The fourth-order valence-electron chi connectivity index (χ4n) is 3.16. The first-order valence-electron chi connectivity index (χ1n) is 11.3. The lowest BCUT2D eigenvalue weighted by atomic mass is 9.98. The van der Waals surface area contributed by atoms with Gasteiger partial charge in [-0.2, -0.15) is 0 Å². The van der Waals surface area contributed by atoms with Gasteiger partial charge in [-0.25, -0.2) is 4.79 Å². The van der Waals surface area contributed by atoms with Crippen molar-refractivity contribution in [2.75, 3.05) is 40.4 Å². The Morgan fingerprint density at radius 2 is 1.84 bits per heavy atom. The second kappa shape index (κ2) is 15.8. The van der Waals surface area contributed by atoms with Crippen LogP contribution in [0.4, 0.5) is 4.79 Å². The molecule has 12 N–H and O–H groups in total. The summed E-state index contributed by atoms with van der Waals surface area (Å²) in [5.41, 5.74) is 6.11. The Hall–Kier alpha value is -2.38. The summed E-state index contributed by atoms with van der Waals surface area (Å²) in [5, 5.41) is 84.2. The zero-order valence-electron chi connectivity index (χ0n) is 20.7. The maximum absolute atomic E-state index is 12.0. The molecule has 0 aromatic rings. The van der Waals surface area contributed by atoms with Crippen LogP contribution in [0.15, 0.2) is 29.2 Å². The van der Waals surface area contributed by atoms with Crippen molar-refractivity contribution in [3.63, 3.8) is 0 Å². The van der Waals surface area contributed by atoms with Crippen molar-refractivity contribution < 1.29 is 55.1 Å². The van der Waals surface area contributed by atoms with Crippen LogP contribution in [0.2, 0.25) is 0 Å². The molecule has 1 heterocycles. The van der Waals surface area contributed by atoms with Gasteiger partial charge in [0.2, 0.25) is 0 Å². The molecule has 9 unspecified atom stereocenters. The van der Waals surface area contributed by atoms with E-state index in [0.717, 1.165) is 6.21 Å². The van der Waals surface area contributed by atoms with Crippen LogP contribution in [0, 0.1) is 0 Å². The molecule has 16 heteroatoms. The Bertz CT molecular complexity index is 782. The van der Waals surface area contributed by atoms with E-state index < -0.39 is 74.4 Å². The molecule has 0 bridgehead atoms. The second-order valence-corrected chi connectivity index (χ2v) is 8.36. The highest BCUT2D eigenvalue weighted by Gasteiger charge is 2.46. The number of nitrogens with zero attached hydrogens (tertiary/aromatic N) is 2. The van der Waals surface area contributed by atoms with E-state index in [1.54, 1.807) is 19.0 Å². The number of hydrogen-bond donors (Lipinski definition) is 11. The summed E-state index contributed by atoms with van der Waals surface area (Å²) in [7, 11) is 3.37. The molecule has 214 valence electrons. The van der Waals surface area contributed by atoms with Gasteiger partial charge in [0.15, 0.2) is 6.29 Å². The lowest BCUT2D eigenvalue weighted by molar-refractivity contribution is -0.326. The summed E-state index contributed by atoms with van der Waals surface area (Å²) in [6.07, 6.45) is -13.2. The van der Waals surface area contributed by atoms with Gasteiger partial charge >= 0.3 is 6.03 Å². The van der Waals surface area contributed by atoms with Gasteiger partial charge in [0, 0.05) is 26.9 Å². The molecule has 0 saturated carbocycles. The third-order valence-electron chi connectivity index (χ3n) is 5.39. The molecule has 0 aromatic carbocycles. The van der Waals surface area contributed by atoms with Crippen molar-refractivity contribution in [1.82, 2.24) is 15.5 Å². The number of allylic oxidation sites excluding steroid dienone is 1. The van der Waals surface area contributed by atoms with Crippen LogP contribution in [-0.4, -0.2) is 154 Å². The van der Waals surface area contributed by atoms with Crippen LogP contribution in [0.5, 0.6) is 0 Å². The van der Waals surface area contributed by atoms with E-state index in [9.17, 15) is 45.6 Å². The number of carbonyl (C=O) groups is 1. The number of urea groups is 1. The van der Waals surface area contributed by atoms with Gasteiger partial charge in [0.05, 0.1) is 25.5 Å². The number of nitrogens with two attached hydrogens (primary N) is 1. The zero-order chi connectivity index (χ0) is 28.3. The minimum Gasteiger partial charge on any atom is -0.394 e. The summed E-state index contributed by atoms with van der Waals surface area (Å²) in [5.74, 6) is 0.283. The molecule has 0 radical (unpaired) electrons. The first-order valence-corrected chi connectivity index (χ1v) is 11.3. The Kier molecular flexibility index (Phi) is 13.9. The number of aliphatic hydroxyl groups excluding tert-OH is 8. The maximum Gasteiger partial charge on any atom is 0.319 e. The normalized spacial score (nSPS) is 28.1. The molecule has 0 aliphatic carbocycles. The fraction of sp³-hybridized carbons (Fsp3) is 0.714. The van der Waals surface area contributed by atoms with Crippen LogP contribution < -0.4 is 16.4 Å². The molecule has 1 aliphatic rings. The summed E-state index contributed by atoms with van der Waals surface area (Å²) in [6, 6.07) is -0.588. The van der Waals surface area contributed by atoms with E-state index in [2.05, 4.69) is 22.2 Å². The number of amides is 2. The van der Waals surface area contributed by atoms with Crippen LogP contribution in [-0.2, 0) is 9.47 Å². The molecule has 0 aromatic heterocycles. The van der Waals surface area contributed by atoms with Gasteiger partial charge in [0.25, 0.3) is 0 Å². The number of aliphatic imine (C=N–C) groups is 1. The first kappa shape index (κ1) is 32.6. The van der Waals surface area contributed by atoms with Gasteiger partial charge in [-0.15, -0.1) is 0 Å². The highest BCUT2D eigenvalue weighted by molar-refractivity contribution is 5.76. The average molecular weight is 538 g/mol. The Balaban J connectivity index is 2.70. The number of ether oxygens (including phenoxy) is 2. The molecule has 37 heavy (non-hydrogen) atoms. The number of aliphatic hydroxyl groups is 8. The number of hydrogen-bond acceptors (Lipinski definition) is 14. The van der Waals surface area contributed by atoms with Gasteiger partial charge in [-0.1, -0.05) is 6.58 Å². The van der Waals surface area contributed by atoms with Crippen LogP contribution >= 0.6 is 0 Å². The summed E-state index contributed by atoms with van der Waals surface area (Å²) in [4.78, 5) is 17.4. The standard InChI is InChI=1S/C21H39N5O11/c1-4-10(19(22)26(2)3)25-21(35)24-6-5-23-7-11(29)14(31)18(12(30)8-27)37-20-17(34)16(33)15(32)13(9-28)36-20/h4,7,11-18,20,27-34H,1,5-6,8-9,22H2,2-3H3,(H2,24,25,35)/b19-10+,23-7-. The molecule has 0 spiro atoms. The molecule has 1 aliphatic heterocycles. The number of nitrogens with one attached hydrogen (secondary N) is 2. The lowest BCUT2D eigenvalue weighted by Gasteiger charge is -2.42. The van der Waals surface area contributed by atoms with Gasteiger partial charge in [-0.05, 0) is 6.08 Å². The highest BCUT2D eigenvalue weighted by Crippen LogP contribution is 2.24. The molecule has 1 fully saturated rings. The van der Waals surface area contributed by atoms with Gasteiger partial charge < -0.3 is 71.6 Å². The third kappa shape index (κ3) is 9.46. The van der Waals surface area contributed by atoms with Crippen molar-refractivity contribution in [1.29, 1.82) is 0 Å². The Labute approximate surface area is 213 Å². The van der Waals surface area contributed by atoms with Crippen LogP contribution in [0.1, 0.15) is 0 Å². The van der Waals surface area contributed by atoms with Gasteiger partial charge in [0.1, 0.15) is 54.7 Å². The van der Waals surface area contributed by atoms with E-state index >= 15 is 0 Å². The van der Waals surface area contributed by atoms with E-state index in [4.69, 9.17) is 15.2 Å². The maximum atomic E-state index is 12.0. The zero-order valence-corrected chi connectivity index (χ0v) is 20.7. The molecular formula is C21H39N5O11. The quantitative estimate of drug-likeness (QED) is 0.0562. The SMILES string of the molecule is C=C/C(NC(=O)NCC/N=C\C(O)C(O)C(OC1OC(CO)C(O)C(O)C1O)C(O)CO)=C(/N)N(C)C. The van der Waals surface area contributed by atoms with Crippen LogP contribution in [0.3, 0.4) is 0 Å². The molecule has 1 rings (SSSR count). The van der Waals surface area contributed by atoms with E-state index in [0.29, 0.717) is 0 Å². The van der Waals surface area contributed by atoms with Crippen molar-refractivity contribution in [2.24, 2.45) is 10.7 Å². The first-order chi connectivity index (χ1) is 17.4. The third-order valence-corrected chi connectivity index (χ3v) is 5.39. The minimum absolute atomic E-state index is 0.0196. The average Bonchev–Trinajstić information content (AvgIpc) is 2.88. The van der Waals surface area contributed by atoms with E-state index in [1.807, 2.05) is 0 Å². The monoisotopic (exact) mass is 537 g/mol. The Morgan fingerprint density at radius 3 is 2.38 bits per heavy atom. The fourth-order valence-corrected chi connectivity index (χ4v) is 3.16. The summed E-state index contributed by atoms with van der Waals surface area (Å²) >= 11 is 0. The van der Waals surface area contributed by atoms with Crippen molar-refractivity contribution in [3.8, 4) is 0 Å². The lowest BCUT2D eigenvalue weighted by Crippen LogP contribution is -2.61. The summed E-state index contributed by atoms with van der Waals surface area (Å²) in [6.45, 7) is 1.92. The highest BCUT2D eigenvalue weighted by atomic mass is 16.7. The molecule has 16 nitrogen and oxygen atoms in total. The van der Waals surface area contributed by atoms with Crippen molar-refractivity contribution in [2.45, 2.75) is 55.1 Å². The topological polar surface area (TPSA) is 263 Å². The van der Waals surface area contributed by atoms with Crippen molar-refractivity contribution in [3.05, 3.63) is 24.2 Å². The largest absolute Gasteiger partial charge is 0.394 e. The van der Waals surface area contributed by atoms with Gasteiger partial charge in [-0.3, -0.25) is 4.99 Å². The second-order valence-electron chi connectivity index (χ2n) is 8.36. The minimum atomic E-state index is -1.90. The van der Waals surface area contributed by atoms with E-state index in [1.165, 1.54) is 6.08 Å². The van der Waals surface area contributed by atoms with Crippen LogP contribution in [0.25, 0.3) is 0 Å².